The molecule has 2 aromatic heterocycles. The number of aromatic nitrogens is 3. The number of thiophene rings is 1. The van der Waals surface area contributed by atoms with Gasteiger partial charge < -0.3 is 9.64 Å². The lowest BCUT2D eigenvalue weighted by Crippen LogP contribution is -2.37. The van der Waals surface area contributed by atoms with E-state index < -0.39 is 0 Å². The summed E-state index contributed by atoms with van der Waals surface area (Å²) in [5.74, 6) is 4.13. The Balaban J connectivity index is 1.58. The van der Waals surface area contributed by atoms with Crippen LogP contribution in [-0.4, -0.2) is 44.1 Å². The van der Waals surface area contributed by atoms with Crippen LogP contribution in [0.1, 0.15) is 46.6 Å². The fraction of sp³-hybridized carbons (Fsp3) is 0.333. The maximum absolute atomic E-state index is 12.7. The second-order valence-corrected chi connectivity index (χ2v) is 9.59. The number of hydrogen-bond donors (Lipinski definition) is 0. The number of amides is 1. The molecule has 1 amide bonds. The van der Waals surface area contributed by atoms with E-state index in [-0.39, 0.29) is 12.2 Å². The highest BCUT2D eigenvalue weighted by atomic mass is 35.5. The first-order chi connectivity index (χ1) is 16.0. The Morgan fingerprint density at radius 1 is 1.36 bits per heavy atom. The lowest BCUT2D eigenvalue weighted by atomic mass is 9.95. The molecule has 0 N–H and O–H groups in total. The van der Waals surface area contributed by atoms with Gasteiger partial charge in [-0.05, 0) is 31.9 Å². The molecular weight excluding hydrogens is 458 g/mol. The molecule has 7 nitrogen and oxygen atoms in total. The van der Waals surface area contributed by atoms with Gasteiger partial charge in [-0.1, -0.05) is 29.8 Å². The molecular formula is C24H22ClN5O2S. The second-order valence-electron chi connectivity index (χ2n) is 8.10. The number of carbonyl (C=O) groups excluding carboxylic acids is 1. The molecule has 4 heterocycles. The Labute approximate surface area is 201 Å². The average Bonchev–Trinajstić information content (AvgIpc) is 3.30. The molecule has 9 heteroatoms. The highest BCUT2D eigenvalue weighted by Crippen LogP contribution is 2.40. The number of hydrogen-bond acceptors (Lipinski definition) is 6. The van der Waals surface area contributed by atoms with Crippen LogP contribution in [0.15, 0.2) is 29.3 Å². The van der Waals surface area contributed by atoms with Gasteiger partial charge in [0, 0.05) is 34.0 Å². The minimum absolute atomic E-state index is 0.315. The zero-order valence-electron chi connectivity index (χ0n) is 18.3. The fourth-order valence-electron chi connectivity index (χ4n) is 4.28. The van der Waals surface area contributed by atoms with Crippen molar-refractivity contribution in [1.82, 2.24) is 19.7 Å². The molecule has 0 fully saturated rings. The third-order valence-electron chi connectivity index (χ3n) is 5.84. The van der Waals surface area contributed by atoms with Crippen LogP contribution in [0.4, 0.5) is 4.79 Å². The number of terminal acetylenes is 1. The van der Waals surface area contributed by atoms with Crippen LogP contribution in [0.2, 0.25) is 5.02 Å². The van der Waals surface area contributed by atoms with E-state index in [1.807, 2.05) is 38.1 Å². The Hall–Kier alpha value is -3.15. The molecule has 1 unspecified atom stereocenters. The van der Waals surface area contributed by atoms with Gasteiger partial charge in [0.05, 0.1) is 12.3 Å². The Morgan fingerprint density at radius 3 is 2.97 bits per heavy atom. The predicted molar refractivity (Wildman–Crippen MR) is 128 cm³/mol. The molecule has 0 bridgehead atoms. The lowest BCUT2D eigenvalue weighted by Gasteiger charge is -2.28. The molecule has 168 valence electrons. The van der Waals surface area contributed by atoms with E-state index in [9.17, 15) is 4.79 Å². The largest absolute Gasteiger partial charge is 0.445 e. The molecule has 0 aliphatic carbocycles. The maximum atomic E-state index is 12.7. The van der Waals surface area contributed by atoms with Crippen molar-refractivity contribution < 1.29 is 9.53 Å². The standard InChI is InChI=1S/C24H22ClN5O2S/c1-4-7-14(2)32-24(31)29-11-10-17-19(13-29)33-23-21(17)22(16-8-5-6-9-18(16)25)26-12-20-28-27-15(3)30(20)23/h1,5-6,8-9,14H,7,10-13H2,2-3H3. The molecule has 33 heavy (non-hydrogen) atoms. The molecule has 1 aromatic carbocycles. The van der Waals surface area contributed by atoms with E-state index in [4.69, 9.17) is 27.8 Å². The highest BCUT2D eigenvalue weighted by molar-refractivity contribution is 7.15. The van der Waals surface area contributed by atoms with Crippen LogP contribution in [0.3, 0.4) is 0 Å². The third-order valence-corrected chi connectivity index (χ3v) is 7.37. The van der Waals surface area contributed by atoms with Gasteiger partial charge in [-0.3, -0.25) is 9.56 Å². The van der Waals surface area contributed by atoms with Gasteiger partial charge in [0.2, 0.25) is 0 Å². The molecule has 2 aliphatic heterocycles. The zero-order valence-corrected chi connectivity index (χ0v) is 19.9. The van der Waals surface area contributed by atoms with Gasteiger partial charge in [-0.15, -0.1) is 33.9 Å². The summed E-state index contributed by atoms with van der Waals surface area (Å²) in [6, 6.07) is 7.75. The minimum atomic E-state index is -0.340. The van der Waals surface area contributed by atoms with Gasteiger partial charge in [0.15, 0.2) is 5.82 Å². The Bertz CT molecular complexity index is 1320. The van der Waals surface area contributed by atoms with Crippen molar-refractivity contribution in [3.8, 4) is 17.3 Å². The van der Waals surface area contributed by atoms with Crippen LogP contribution in [-0.2, 0) is 24.2 Å². The number of aryl methyl sites for hydroxylation is 1. The SMILES string of the molecule is C#CCC(C)OC(=O)N1CCc2c(sc3c2C(c2ccccc2Cl)=NCc2nnc(C)n2-3)C1. The van der Waals surface area contributed by atoms with E-state index in [2.05, 4.69) is 20.7 Å². The van der Waals surface area contributed by atoms with E-state index >= 15 is 0 Å². The van der Waals surface area contributed by atoms with Crippen molar-refractivity contribution in [3.05, 3.63) is 62.5 Å². The van der Waals surface area contributed by atoms with Crippen molar-refractivity contribution >= 4 is 34.7 Å². The fourth-order valence-corrected chi connectivity index (χ4v) is 5.93. The van der Waals surface area contributed by atoms with Crippen molar-refractivity contribution in [2.24, 2.45) is 4.99 Å². The summed E-state index contributed by atoms with van der Waals surface area (Å²) in [4.78, 5) is 20.5. The first kappa shape index (κ1) is 21.7. The third kappa shape index (κ3) is 3.81. The van der Waals surface area contributed by atoms with Crippen molar-refractivity contribution in [2.45, 2.75) is 45.9 Å². The molecule has 2 aliphatic rings. The number of rotatable bonds is 3. The molecule has 0 saturated carbocycles. The van der Waals surface area contributed by atoms with Crippen LogP contribution >= 0.6 is 22.9 Å². The summed E-state index contributed by atoms with van der Waals surface area (Å²) in [7, 11) is 0. The van der Waals surface area contributed by atoms with Crippen LogP contribution < -0.4 is 0 Å². The van der Waals surface area contributed by atoms with E-state index in [1.54, 1.807) is 16.2 Å². The van der Waals surface area contributed by atoms with Gasteiger partial charge in [0.25, 0.3) is 0 Å². The molecule has 1 atom stereocenters. The summed E-state index contributed by atoms with van der Waals surface area (Å²) in [6.45, 7) is 5.20. The van der Waals surface area contributed by atoms with Gasteiger partial charge in [0.1, 0.15) is 23.5 Å². The van der Waals surface area contributed by atoms with Crippen molar-refractivity contribution in [2.75, 3.05) is 6.54 Å². The molecule has 0 saturated heterocycles. The smallest absolute Gasteiger partial charge is 0.410 e. The average molecular weight is 480 g/mol. The van der Waals surface area contributed by atoms with E-state index in [1.165, 1.54) is 5.56 Å². The first-order valence-corrected chi connectivity index (χ1v) is 11.9. The number of aliphatic imine (C=N–C) groups is 1. The second kappa shape index (κ2) is 8.65. The summed E-state index contributed by atoms with van der Waals surface area (Å²) >= 11 is 8.23. The van der Waals surface area contributed by atoms with Crippen LogP contribution in [0.25, 0.3) is 5.00 Å². The monoisotopic (exact) mass is 479 g/mol. The van der Waals surface area contributed by atoms with Crippen LogP contribution in [0, 0.1) is 19.3 Å². The van der Waals surface area contributed by atoms with Crippen LogP contribution in [0.5, 0.6) is 0 Å². The van der Waals surface area contributed by atoms with Crippen molar-refractivity contribution in [1.29, 1.82) is 0 Å². The summed E-state index contributed by atoms with van der Waals surface area (Å²) < 4.78 is 7.59. The highest BCUT2D eigenvalue weighted by Gasteiger charge is 2.33. The normalized spacial score (nSPS) is 15.5. The number of nitrogens with zero attached hydrogens (tertiary/aromatic N) is 5. The van der Waals surface area contributed by atoms with E-state index in [0.717, 1.165) is 38.4 Å². The number of fused-ring (bicyclic) bond motifs is 5. The number of carbonyl (C=O) groups is 1. The summed E-state index contributed by atoms with van der Waals surface area (Å²) in [5.41, 5.74) is 3.99. The van der Waals surface area contributed by atoms with E-state index in [0.29, 0.717) is 37.5 Å². The Morgan fingerprint density at radius 2 is 2.18 bits per heavy atom. The quantitative estimate of drug-likeness (QED) is 0.517. The van der Waals surface area contributed by atoms with Gasteiger partial charge in [-0.25, -0.2) is 4.79 Å². The number of benzene rings is 1. The zero-order chi connectivity index (χ0) is 23.1. The number of halogens is 1. The maximum Gasteiger partial charge on any atom is 0.410 e. The molecule has 0 radical (unpaired) electrons. The van der Waals surface area contributed by atoms with Gasteiger partial charge in [-0.2, -0.15) is 0 Å². The molecule has 5 rings (SSSR count). The summed E-state index contributed by atoms with van der Waals surface area (Å²) in [6.07, 6.45) is 5.78. The molecule has 0 spiro atoms. The first-order valence-electron chi connectivity index (χ1n) is 10.7. The Kier molecular flexibility index (Phi) is 5.69. The summed E-state index contributed by atoms with van der Waals surface area (Å²) in [5, 5.41) is 10.3. The number of ether oxygens (including phenoxy) is 1. The van der Waals surface area contributed by atoms with Crippen molar-refractivity contribution in [3.63, 3.8) is 0 Å². The minimum Gasteiger partial charge on any atom is -0.445 e. The predicted octanol–water partition coefficient (Wildman–Crippen LogP) is 4.55. The van der Waals surface area contributed by atoms with Gasteiger partial charge >= 0.3 is 6.09 Å². The molecule has 3 aromatic rings. The topological polar surface area (TPSA) is 72.6 Å². The lowest BCUT2D eigenvalue weighted by molar-refractivity contribution is 0.0685.